The number of hydrogen-bond donors (Lipinski definition) is 0. The van der Waals surface area contributed by atoms with E-state index in [1.54, 1.807) is 29.7 Å². The van der Waals surface area contributed by atoms with Crippen LogP contribution < -0.4 is 4.80 Å². The van der Waals surface area contributed by atoms with Gasteiger partial charge in [0.05, 0.1) is 11.9 Å². The molecule has 0 bridgehead atoms. The molecule has 2 aromatic heterocycles. The van der Waals surface area contributed by atoms with Crippen LogP contribution in [-0.2, 0) is 0 Å². The van der Waals surface area contributed by atoms with Gasteiger partial charge in [-0.25, -0.2) is 4.68 Å². The van der Waals surface area contributed by atoms with Gasteiger partial charge in [0.15, 0.2) is 0 Å². The fourth-order valence-corrected chi connectivity index (χ4v) is 3.78. The molecule has 0 N–H and O–H groups in total. The highest BCUT2D eigenvalue weighted by Crippen LogP contribution is 2.23. The Bertz CT molecular complexity index is 887. The van der Waals surface area contributed by atoms with Crippen LogP contribution in [0.5, 0.6) is 0 Å². The summed E-state index contributed by atoms with van der Waals surface area (Å²) < 4.78 is 1.85. The molecule has 0 spiro atoms. The molecule has 3 rings (SSSR count). The van der Waals surface area contributed by atoms with Crippen LogP contribution in [0.3, 0.4) is 0 Å². The highest BCUT2D eigenvalue weighted by atomic mass is 35.5. The monoisotopic (exact) mass is 347 g/mol. The molecule has 0 aliphatic rings. The molecule has 0 saturated carbocycles. The second kappa shape index (κ2) is 6.60. The number of aryl methyl sites for hydroxylation is 1. The van der Waals surface area contributed by atoms with Crippen molar-refractivity contribution < 1.29 is 0 Å². The number of hydrogen-bond acceptors (Lipinski definition) is 4. The average Bonchev–Trinajstić information content (AvgIpc) is 3.10. The molecule has 22 heavy (non-hydrogen) atoms. The average molecular weight is 348 g/mol. The van der Waals surface area contributed by atoms with Crippen molar-refractivity contribution >= 4 is 40.5 Å². The second-order valence-electron chi connectivity index (χ2n) is 4.64. The fourth-order valence-electron chi connectivity index (χ4n) is 2.05. The van der Waals surface area contributed by atoms with Gasteiger partial charge in [-0.3, -0.25) is 4.99 Å². The van der Waals surface area contributed by atoms with E-state index in [0.717, 1.165) is 20.9 Å². The SMILES string of the molecule is CN=c1scc(-c2cccc(Cl)c2)n1N=Cc1ccc(C)s1. The summed E-state index contributed by atoms with van der Waals surface area (Å²) in [5.74, 6) is 0. The first-order valence-electron chi connectivity index (χ1n) is 6.67. The minimum absolute atomic E-state index is 0.711. The van der Waals surface area contributed by atoms with E-state index in [-0.39, 0.29) is 0 Å². The highest BCUT2D eigenvalue weighted by molar-refractivity contribution is 7.13. The lowest BCUT2D eigenvalue weighted by Crippen LogP contribution is -2.11. The van der Waals surface area contributed by atoms with Crippen molar-refractivity contribution in [1.29, 1.82) is 0 Å². The number of aromatic nitrogens is 1. The molecule has 0 aliphatic carbocycles. The Morgan fingerprint density at radius 3 is 2.77 bits per heavy atom. The van der Waals surface area contributed by atoms with Gasteiger partial charge in [0.1, 0.15) is 0 Å². The summed E-state index contributed by atoms with van der Waals surface area (Å²) in [6, 6.07) is 11.9. The number of nitrogens with zero attached hydrogens (tertiary/aromatic N) is 3. The van der Waals surface area contributed by atoms with Crippen molar-refractivity contribution in [3.8, 4) is 11.3 Å². The van der Waals surface area contributed by atoms with E-state index < -0.39 is 0 Å². The van der Waals surface area contributed by atoms with E-state index in [9.17, 15) is 0 Å². The van der Waals surface area contributed by atoms with Crippen molar-refractivity contribution in [3.05, 3.63) is 61.4 Å². The number of thiophene rings is 1. The topological polar surface area (TPSA) is 29.6 Å². The lowest BCUT2D eigenvalue weighted by molar-refractivity contribution is 0.849. The lowest BCUT2D eigenvalue weighted by Gasteiger charge is -2.03. The van der Waals surface area contributed by atoms with Crippen molar-refractivity contribution in [2.75, 3.05) is 7.05 Å². The largest absolute Gasteiger partial charge is 0.261 e. The minimum atomic E-state index is 0.711. The van der Waals surface area contributed by atoms with Crippen LogP contribution in [0.2, 0.25) is 5.02 Å². The maximum absolute atomic E-state index is 6.10. The van der Waals surface area contributed by atoms with Crippen LogP contribution in [0.1, 0.15) is 9.75 Å². The zero-order valence-corrected chi connectivity index (χ0v) is 14.5. The third-order valence-corrected chi connectivity index (χ3v) is 5.14. The van der Waals surface area contributed by atoms with Gasteiger partial charge in [-0.1, -0.05) is 23.7 Å². The quantitative estimate of drug-likeness (QED) is 0.617. The fraction of sp³-hybridized carbons (Fsp3) is 0.125. The number of thiazole rings is 1. The van der Waals surface area contributed by atoms with Crippen LogP contribution in [-0.4, -0.2) is 17.9 Å². The number of rotatable bonds is 3. The maximum Gasteiger partial charge on any atom is 0.205 e. The summed E-state index contributed by atoms with van der Waals surface area (Å²) in [6.45, 7) is 2.09. The van der Waals surface area contributed by atoms with Crippen LogP contribution in [0.4, 0.5) is 0 Å². The summed E-state index contributed by atoms with van der Waals surface area (Å²) in [5.41, 5.74) is 2.01. The maximum atomic E-state index is 6.10. The molecule has 0 radical (unpaired) electrons. The predicted molar refractivity (Wildman–Crippen MR) is 96.3 cm³/mol. The van der Waals surface area contributed by atoms with Crippen molar-refractivity contribution in [2.45, 2.75) is 6.92 Å². The molecule has 3 nitrogen and oxygen atoms in total. The van der Waals surface area contributed by atoms with E-state index in [4.69, 9.17) is 11.6 Å². The minimum Gasteiger partial charge on any atom is -0.261 e. The van der Waals surface area contributed by atoms with Crippen LogP contribution in [0.25, 0.3) is 11.3 Å². The molecule has 3 aromatic rings. The Labute approximate surface area is 141 Å². The van der Waals surface area contributed by atoms with E-state index in [2.05, 4.69) is 29.2 Å². The van der Waals surface area contributed by atoms with Gasteiger partial charge < -0.3 is 0 Å². The molecule has 2 heterocycles. The Hall–Kier alpha value is -1.69. The van der Waals surface area contributed by atoms with Gasteiger partial charge in [0.2, 0.25) is 4.80 Å². The van der Waals surface area contributed by atoms with E-state index in [1.807, 2.05) is 40.5 Å². The van der Waals surface area contributed by atoms with Gasteiger partial charge in [-0.15, -0.1) is 22.7 Å². The van der Waals surface area contributed by atoms with Gasteiger partial charge in [-0.2, -0.15) is 5.10 Å². The summed E-state index contributed by atoms with van der Waals surface area (Å²) >= 11 is 9.37. The molecule has 0 atom stereocenters. The summed E-state index contributed by atoms with van der Waals surface area (Å²) in [6.07, 6.45) is 1.87. The summed E-state index contributed by atoms with van der Waals surface area (Å²) in [4.78, 5) is 7.53. The zero-order chi connectivity index (χ0) is 15.5. The number of halogens is 1. The first kappa shape index (κ1) is 15.2. The first-order chi connectivity index (χ1) is 10.7. The molecular weight excluding hydrogens is 334 g/mol. The first-order valence-corrected chi connectivity index (χ1v) is 8.75. The van der Waals surface area contributed by atoms with E-state index in [0.29, 0.717) is 5.02 Å². The van der Waals surface area contributed by atoms with E-state index in [1.165, 1.54) is 4.88 Å². The van der Waals surface area contributed by atoms with Gasteiger partial charge in [0, 0.05) is 32.8 Å². The summed E-state index contributed by atoms with van der Waals surface area (Å²) in [5, 5.41) is 7.36. The Kier molecular flexibility index (Phi) is 4.57. The molecule has 112 valence electrons. The molecule has 0 unspecified atom stereocenters. The van der Waals surface area contributed by atoms with Gasteiger partial charge >= 0.3 is 0 Å². The number of benzene rings is 1. The van der Waals surface area contributed by atoms with E-state index >= 15 is 0 Å². The van der Waals surface area contributed by atoms with Crippen molar-refractivity contribution in [2.24, 2.45) is 10.1 Å². The summed E-state index contributed by atoms with van der Waals surface area (Å²) in [7, 11) is 1.77. The Morgan fingerprint density at radius 1 is 1.23 bits per heavy atom. The molecule has 0 aliphatic heterocycles. The van der Waals surface area contributed by atoms with Crippen LogP contribution >= 0.6 is 34.3 Å². The molecular formula is C16H14ClN3S2. The van der Waals surface area contributed by atoms with Crippen LogP contribution in [0, 0.1) is 6.92 Å². The third-order valence-electron chi connectivity index (χ3n) is 3.06. The van der Waals surface area contributed by atoms with Gasteiger partial charge in [0.25, 0.3) is 0 Å². The standard InChI is InChI=1S/C16H14ClN3S2/c1-11-6-7-14(22-11)9-19-20-15(10-21-16(20)18-2)12-4-3-5-13(17)8-12/h3-10H,1-2H3. The van der Waals surface area contributed by atoms with Crippen LogP contribution in [0.15, 0.2) is 51.9 Å². The second-order valence-corrected chi connectivity index (χ2v) is 7.23. The Balaban J connectivity index is 2.06. The molecule has 6 heteroatoms. The molecule has 0 saturated heterocycles. The van der Waals surface area contributed by atoms with Gasteiger partial charge in [-0.05, 0) is 31.2 Å². The zero-order valence-electron chi connectivity index (χ0n) is 12.2. The Morgan fingerprint density at radius 2 is 2.09 bits per heavy atom. The predicted octanol–water partition coefficient (Wildman–Crippen LogP) is 4.65. The lowest BCUT2D eigenvalue weighted by atomic mass is 10.2. The molecule has 0 amide bonds. The highest BCUT2D eigenvalue weighted by Gasteiger charge is 2.07. The molecule has 1 aromatic carbocycles. The van der Waals surface area contributed by atoms with Crippen molar-refractivity contribution in [3.63, 3.8) is 0 Å². The molecule has 0 fully saturated rings. The normalized spacial score (nSPS) is 12.4. The smallest absolute Gasteiger partial charge is 0.205 e. The third kappa shape index (κ3) is 3.21. The van der Waals surface area contributed by atoms with Crippen molar-refractivity contribution in [1.82, 2.24) is 4.68 Å².